The number of urea groups is 1. The molecule has 0 aliphatic heterocycles. The maximum absolute atomic E-state index is 12.4. The number of nitrogens with one attached hydrogen (secondary N) is 2. The number of anilines is 1. The van der Waals surface area contributed by atoms with E-state index in [0.29, 0.717) is 5.69 Å². The molecule has 3 aromatic rings. The van der Waals surface area contributed by atoms with E-state index in [1.54, 1.807) is 16.9 Å². The average molecular weight is 355 g/mol. The first-order valence-corrected chi connectivity index (χ1v) is 8.49. The zero-order valence-corrected chi connectivity index (χ0v) is 14.1. The molecule has 4 N–H and O–H groups in total. The molecular weight excluding hydrogens is 338 g/mol. The molecule has 128 valence electrons. The highest BCUT2D eigenvalue weighted by Gasteiger charge is 2.18. The Labute approximate surface area is 148 Å². The molecule has 0 fully saturated rings. The van der Waals surface area contributed by atoms with Crippen LogP contribution in [0.2, 0.25) is 0 Å². The first-order valence-electron chi connectivity index (χ1n) is 7.61. The third kappa shape index (κ3) is 4.45. The van der Waals surface area contributed by atoms with Gasteiger partial charge in [-0.05, 0) is 35.7 Å². The second-order valence-corrected chi connectivity index (χ2v) is 6.31. The second kappa shape index (κ2) is 7.63. The molecule has 3 amide bonds. The molecule has 0 saturated heterocycles. The molecule has 8 heteroatoms. The van der Waals surface area contributed by atoms with Gasteiger partial charge in [-0.1, -0.05) is 12.1 Å². The quantitative estimate of drug-likeness (QED) is 0.633. The van der Waals surface area contributed by atoms with Gasteiger partial charge in [0.2, 0.25) is 5.91 Å². The van der Waals surface area contributed by atoms with E-state index in [-0.39, 0.29) is 12.3 Å². The van der Waals surface area contributed by atoms with Gasteiger partial charge in [-0.15, -0.1) is 11.3 Å². The lowest BCUT2D eigenvalue weighted by atomic mass is 10.1. The highest BCUT2D eigenvalue weighted by molar-refractivity contribution is 7.10. The van der Waals surface area contributed by atoms with Gasteiger partial charge in [0.15, 0.2) is 0 Å². The summed E-state index contributed by atoms with van der Waals surface area (Å²) in [6.07, 6.45) is 3.60. The lowest BCUT2D eigenvalue weighted by Gasteiger charge is -2.16. The fourth-order valence-corrected chi connectivity index (χ4v) is 3.21. The van der Waals surface area contributed by atoms with Crippen molar-refractivity contribution in [2.75, 3.05) is 5.32 Å². The average Bonchev–Trinajstić information content (AvgIpc) is 3.28. The summed E-state index contributed by atoms with van der Waals surface area (Å²) in [7, 11) is 0. The van der Waals surface area contributed by atoms with Gasteiger partial charge in [-0.2, -0.15) is 5.10 Å². The minimum atomic E-state index is -0.660. The van der Waals surface area contributed by atoms with Crippen LogP contribution in [0, 0.1) is 0 Å². The van der Waals surface area contributed by atoms with E-state index < -0.39 is 12.1 Å². The molecule has 0 radical (unpaired) electrons. The first kappa shape index (κ1) is 16.7. The summed E-state index contributed by atoms with van der Waals surface area (Å²) in [6.45, 7) is 0. The van der Waals surface area contributed by atoms with Crippen molar-refractivity contribution in [2.24, 2.45) is 5.73 Å². The normalized spacial score (nSPS) is 11.7. The number of carbonyl (C=O) groups is 2. The van der Waals surface area contributed by atoms with Crippen molar-refractivity contribution in [1.29, 1.82) is 0 Å². The smallest absolute Gasteiger partial charge is 0.312 e. The Morgan fingerprint density at radius 3 is 2.80 bits per heavy atom. The minimum Gasteiger partial charge on any atom is -0.352 e. The minimum absolute atomic E-state index is 0.0927. The molecule has 7 nitrogen and oxygen atoms in total. The number of hydrogen-bond donors (Lipinski definition) is 3. The standard InChI is InChI=1S/C17H17N5O2S/c18-17(24)21-14(15-6-2-9-25-15)11-16(23)20-12-4-1-5-13(10-12)22-8-3-7-19-22/h1-10,14H,11H2,(H,20,23)(H3,18,21,24). The summed E-state index contributed by atoms with van der Waals surface area (Å²) in [6, 6.07) is 11.8. The topological polar surface area (TPSA) is 102 Å². The van der Waals surface area contributed by atoms with Gasteiger partial charge in [0.1, 0.15) is 0 Å². The number of aromatic nitrogens is 2. The van der Waals surface area contributed by atoms with Crippen LogP contribution < -0.4 is 16.4 Å². The molecular formula is C17H17N5O2S. The Morgan fingerprint density at radius 2 is 2.12 bits per heavy atom. The molecule has 0 bridgehead atoms. The Balaban J connectivity index is 1.69. The fraction of sp³-hybridized carbons (Fsp3) is 0.118. The molecule has 1 atom stereocenters. The van der Waals surface area contributed by atoms with Gasteiger partial charge in [-0.25, -0.2) is 9.48 Å². The summed E-state index contributed by atoms with van der Waals surface area (Å²) in [5.74, 6) is -0.218. The zero-order valence-electron chi connectivity index (χ0n) is 13.3. The molecule has 0 saturated carbocycles. The summed E-state index contributed by atoms with van der Waals surface area (Å²) >= 11 is 1.46. The van der Waals surface area contributed by atoms with Crippen LogP contribution in [-0.2, 0) is 4.79 Å². The lowest BCUT2D eigenvalue weighted by molar-refractivity contribution is -0.116. The number of carbonyl (C=O) groups excluding carboxylic acids is 2. The van der Waals surface area contributed by atoms with Crippen LogP contribution in [0.15, 0.2) is 60.2 Å². The Morgan fingerprint density at radius 1 is 1.24 bits per heavy atom. The summed E-state index contributed by atoms with van der Waals surface area (Å²) < 4.78 is 1.71. The van der Waals surface area contributed by atoms with E-state index in [0.717, 1.165) is 10.6 Å². The van der Waals surface area contributed by atoms with Crippen molar-refractivity contribution in [1.82, 2.24) is 15.1 Å². The largest absolute Gasteiger partial charge is 0.352 e. The molecule has 0 aliphatic rings. The fourth-order valence-electron chi connectivity index (χ4n) is 2.43. The van der Waals surface area contributed by atoms with Crippen molar-refractivity contribution in [3.63, 3.8) is 0 Å². The first-order chi connectivity index (χ1) is 12.1. The van der Waals surface area contributed by atoms with Gasteiger partial charge < -0.3 is 16.4 Å². The Kier molecular flexibility index (Phi) is 5.10. The highest BCUT2D eigenvalue weighted by atomic mass is 32.1. The number of primary amides is 1. The molecule has 0 aliphatic carbocycles. The molecule has 2 aromatic heterocycles. The molecule has 25 heavy (non-hydrogen) atoms. The van der Waals surface area contributed by atoms with E-state index in [4.69, 9.17) is 5.73 Å². The predicted octanol–water partition coefficient (Wildman–Crippen LogP) is 2.67. The van der Waals surface area contributed by atoms with Gasteiger partial charge in [0, 0.05) is 23.0 Å². The second-order valence-electron chi connectivity index (χ2n) is 5.33. The number of amides is 3. The van der Waals surface area contributed by atoms with Crippen LogP contribution in [0.3, 0.4) is 0 Å². The number of nitrogens with two attached hydrogens (primary N) is 1. The highest BCUT2D eigenvalue weighted by Crippen LogP contribution is 2.23. The van der Waals surface area contributed by atoms with E-state index in [1.807, 2.05) is 48.0 Å². The lowest BCUT2D eigenvalue weighted by Crippen LogP contribution is -2.34. The Hall–Kier alpha value is -3.13. The summed E-state index contributed by atoms with van der Waals surface area (Å²) in [4.78, 5) is 24.4. The number of thiophene rings is 1. The van der Waals surface area contributed by atoms with Crippen LogP contribution in [0.4, 0.5) is 10.5 Å². The maximum atomic E-state index is 12.4. The molecule has 3 rings (SSSR count). The van der Waals surface area contributed by atoms with Crippen LogP contribution in [0.1, 0.15) is 17.3 Å². The van der Waals surface area contributed by atoms with Gasteiger partial charge in [0.25, 0.3) is 0 Å². The maximum Gasteiger partial charge on any atom is 0.312 e. The van der Waals surface area contributed by atoms with Gasteiger partial charge in [0.05, 0.1) is 18.2 Å². The Bertz CT molecular complexity index is 846. The van der Waals surface area contributed by atoms with Crippen molar-refractivity contribution in [2.45, 2.75) is 12.5 Å². The number of nitrogens with zero attached hydrogens (tertiary/aromatic N) is 2. The number of rotatable bonds is 6. The summed E-state index contributed by atoms with van der Waals surface area (Å²) in [5.41, 5.74) is 6.71. The van der Waals surface area contributed by atoms with E-state index >= 15 is 0 Å². The monoisotopic (exact) mass is 355 g/mol. The van der Waals surface area contributed by atoms with Crippen molar-refractivity contribution in [3.8, 4) is 5.69 Å². The third-order valence-corrected chi connectivity index (χ3v) is 4.48. The molecule has 2 heterocycles. The van der Waals surface area contributed by atoms with Crippen molar-refractivity contribution >= 4 is 29.0 Å². The van der Waals surface area contributed by atoms with E-state index in [1.165, 1.54) is 11.3 Å². The number of benzene rings is 1. The van der Waals surface area contributed by atoms with E-state index in [2.05, 4.69) is 15.7 Å². The van der Waals surface area contributed by atoms with Gasteiger partial charge in [-0.3, -0.25) is 4.79 Å². The van der Waals surface area contributed by atoms with Crippen molar-refractivity contribution in [3.05, 3.63) is 65.1 Å². The zero-order chi connectivity index (χ0) is 17.6. The molecule has 1 unspecified atom stereocenters. The number of hydrogen-bond acceptors (Lipinski definition) is 4. The predicted molar refractivity (Wildman–Crippen MR) is 96.6 cm³/mol. The molecule has 0 spiro atoms. The summed E-state index contributed by atoms with van der Waals surface area (Å²) in [5, 5.41) is 11.5. The van der Waals surface area contributed by atoms with E-state index in [9.17, 15) is 9.59 Å². The molecule has 1 aromatic carbocycles. The van der Waals surface area contributed by atoms with Crippen LogP contribution in [0.25, 0.3) is 5.69 Å². The third-order valence-electron chi connectivity index (χ3n) is 3.49. The SMILES string of the molecule is NC(=O)NC(CC(=O)Nc1cccc(-n2cccn2)c1)c1cccs1. The van der Waals surface area contributed by atoms with Crippen LogP contribution in [0.5, 0.6) is 0 Å². The van der Waals surface area contributed by atoms with Crippen molar-refractivity contribution < 1.29 is 9.59 Å². The van der Waals surface area contributed by atoms with Crippen LogP contribution >= 0.6 is 11.3 Å². The van der Waals surface area contributed by atoms with Gasteiger partial charge >= 0.3 is 6.03 Å². The van der Waals surface area contributed by atoms with Crippen LogP contribution in [-0.4, -0.2) is 21.7 Å².